The van der Waals surface area contributed by atoms with E-state index < -0.39 is 0 Å². The molecule has 0 saturated heterocycles. The maximum atomic E-state index is 4.27. The molecule has 0 aliphatic heterocycles. The second-order valence-corrected chi connectivity index (χ2v) is 4.87. The molecule has 0 amide bonds. The van der Waals surface area contributed by atoms with Crippen LogP contribution in [0.4, 0.5) is 0 Å². The van der Waals surface area contributed by atoms with Crippen LogP contribution in [0.3, 0.4) is 0 Å². The first kappa shape index (κ1) is 11.7. The van der Waals surface area contributed by atoms with E-state index in [1.54, 1.807) is 0 Å². The molecule has 0 unspecified atom stereocenters. The molecule has 0 spiro atoms. The normalized spacial score (nSPS) is 10.6. The van der Waals surface area contributed by atoms with E-state index in [0.29, 0.717) is 0 Å². The van der Waals surface area contributed by atoms with Gasteiger partial charge in [-0.05, 0) is 34.4 Å². The summed E-state index contributed by atoms with van der Waals surface area (Å²) in [5, 5.41) is 2.52. The van der Waals surface area contributed by atoms with Crippen molar-refractivity contribution in [3.05, 3.63) is 90.0 Å². The van der Waals surface area contributed by atoms with Crippen LogP contribution in [-0.2, 0) is 0 Å². The van der Waals surface area contributed by atoms with Gasteiger partial charge in [0.1, 0.15) is 0 Å². The zero-order valence-electron chi connectivity index (χ0n) is 11.1. The Bertz CT molecular complexity index is 728. The third-order valence-corrected chi connectivity index (χ3v) is 3.51. The number of aryl methyl sites for hydroxylation is 1. The van der Waals surface area contributed by atoms with Crippen molar-refractivity contribution in [3.8, 4) is 0 Å². The summed E-state index contributed by atoms with van der Waals surface area (Å²) in [4.78, 5) is 0. The lowest BCUT2D eigenvalue weighted by Crippen LogP contribution is -1.88. The Morgan fingerprint density at radius 1 is 0.789 bits per heavy atom. The van der Waals surface area contributed by atoms with Gasteiger partial charge in [0.25, 0.3) is 0 Å². The van der Waals surface area contributed by atoms with E-state index in [-0.39, 0.29) is 0 Å². The van der Waals surface area contributed by atoms with Crippen LogP contribution in [0, 0.1) is 6.92 Å². The molecule has 0 heterocycles. The van der Waals surface area contributed by atoms with Crippen molar-refractivity contribution in [1.82, 2.24) is 0 Å². The fraction of sp³-hybridized carbons (Fsp3) is 0.0526. The molecule has 0 aliphatic carbocycles. The van der Waals surface area contributed by atoms with Gasteiger partial charge in [-0.25, -0.2) is 0 Å². The van der Waals surface area contributed by atoms with Gasteiger partial charge in [0.15, 0.2) is 0 Å². The van der Waals surface area contributed by atoms with E-state index in [9.17, 15) is 0 Å². The lowest BCUT2D eigenvalue weighted by molar-refractivity contribution is 1.45. The van der Waals surface area contributed by atoms with Crippen LogP contribution in [0.5, 0.6) is 0 Å². The molecule has 19 heavy (non-hydrogen) atoms. The number of hydrogen-bond donors (Lipinski definition) is 0. The maximum Gasteiger partial charge on any atom is -0.0105 e. The Balaban J connectivity index is 2.14. The smallest absolute Gasteiger partial charge is 0.0105 e. The molecule has 0 bridgehead atoms. The van der Waals surface area contributed by atoms with Crippen molar-refractivity contribution < 1.29 is 0 Å². The van der Waals surface area contributed by atoms with Gasteiger partial charge in [-0.2, -0.15) is 0 Å². The largest absolute Gasteiger partial charge is 0.0905 e. The lowest BCUT2D eigenvalue weighted by Gasteiger charge is -2.10. The highest BCUT2D eigenvalue weighted by Crippen LogP contribution is 2.28. The summed E-state index contributed by atoms with van der Waals surface area (Å²) in [7, 11) is 0. The van der Waals surface area contributed by atoms with Gasteiger partial charge >= 0.3 is 0 Å². The van der Waals surface area contributed by atoms with E-state index >= 15 is 0 Å². The molecule has 0 nitrogen and oxygen atoms in total. The van der Waals surface area contributed by atoms with Crippen LogP contribution < -0.4 is 0 Å². The third-order valence-electron chi connectivity index (χ3n) is 3.51. The first-order valence-electron chi connectivity index (χ1n) is 6.50. The van der Waals surface area contributed by atoms with Gasteiger partial charge in [-0.15, -0.1) is 0 Å². The zero-order valence-corrected chi connectivity index (χ0v) is 11.1. The summed E-state index contributed by atoms with van der Waals surface area (Å²) in [5.74, 6) is 0. The van der Waals surface area contributed by atoms with Crippen LogP contribution in [0.2, 0.25) is 0 Å². The molecule has 0 atom stereocenters. The summed E-state index contributed by atoms with van der Waals surface area (Å²) in [5.41, 5.74) is 4.75. The fourth-order valence-corrected chi connectivity index (χ4v) is 2.40. The SMILES string of the molecule is C=C(c1ccc(C)cc1)c1cccc2ccccc12. The zero-order chi connectivity index (χ0) is 13.2. The predicted octanol–water partition coefficient (Wildman–Crippen LogP) is 5.21. The predicted molar refractivity (Wildman–Crippen MR) is 83.3 cm³/mol. The third kappa shape index (κ3) is 2.17. The molecule has 0 N–H and O–H groups in total. The van der Waals surface area contributed by atoms with E-state index in [1.165, 1.54) is 27.5 Å². The molecule has 0 aliphatic rings. The molecule has 3 aromatic carbocycles. The minimum absolute atomic E-state index is 1.08. The Morgan fingerprint density at radius 2 is 1.47 bits per heavy atom. The molecule has 0 aromatic heterocycles. The topological polar surface area (TPSA) is 0 Å². The first-order valence-corrected chi connectivity index (χ1v) is 6.50. The summed E-state index contributed by atoms with van der Waals surface area (Å²) >= 11 is 0. The van der Waals surface area contributed by atoms with Crippen LogP contribution in [-0.4, -0.2) is 0 Å². The molecule has 0 saturated carbocycles. The summed E-state index contributed by atoms with van der Waals surface area (Å²) in [6, 6.07) is 23.4. The minimum Gasteiger partial charge on any atom is -0.0905 e. The molecule has 92 valence electrons. The number of hydrogen-bond acceptors (Lipinski definition) is 0. The minimum atomic E-state index is 1.08. The number of fused-ring (bicyclic) bond motifs is 1. The highest BCUT2D eigenvalue weighted by molar-refractivity contribution is 5.97. The summed E-state index contributed by atoms with van der Waals surface area (Å²) in [6.07, 6.45) is 0. The fourth-order valence-electron chi connectivity index (χ4n) is 2.40. The van der Waals surface area contributed by atoms with E-state index in [4.69, 9.17) is 0 Å². The first-order chi connectivity index (χ1) is 9.25. The van der Waals surface area contributed by atoms with Crippen LogP contribution >= 0.6 is 0 Å². The Kier molecular flexibility index (Phi) is 2.92. The van der Waals surface area contributed by atoms with Gasteiger partial charge in [-0.3, -0.25) is 0 Å². The van der Waals surface area contributed by atoms with Gasteiger partial charge in [0, 0.05) is 0 Å². The average molecular weight is 244 g/mol. The number of benzene rings is 3. The molecule has 0 radical (unpaired) electrons. The second kappa shape index (κ2) is 4.74. The quantitative estimate of drug-likeness (QED) is 0.580. The maximum absolute atomic E-state index is 4.27. The van der Waals surface area contributed by atoms with Crippen molar-refractivity contribution in [3.63, 3.8) is 0 Å². The highest BCUT2D eigenvalue weighted by atomic mass is 14.1. The van der Waals surface area contributed by atoms with Gasteiger partial charge in [0.2, 0.25) is 0 Å². The highest BCUT2D eigenvalue weighted by Gasteiger charge is 2.06. The molecular formula is C19H16. The van der Waals surface area contributed by atoms with Crippen molar-refractivity contribution in [2.45, 2.75) is 6.92 Å². The van der Waals surface area contributed by atoms with Crippen LogP contribution in [0.1, 0.15) is 16.7 Å². The van der Waals surface area contributed by atoms with Crippen molar-refractivity contribution >= 4 is 16.3 Å². The van der Waals surface area contributed by atoms with Gasteiger partial charge in [-0.1, -0.05) is 78.9 Å². The van der Waals surface area contributed by atoms with E-state index in [2.05, 4.69) is 80.2 Å². The van der Waals surface area contributed by atoms with Gasteiger partial charge in [0.05, 0.1) is 0 Å². The van der Waals surface area contributed by atoms with Crippen LogP contribution in [0.25, 0.3) is 16.3 Å². The molecule has 0 fully saturated rings. The van der Waals surface area contributed by atoms with Crippen molar-refractivity contribution in [2.75, 3.05) is 0 Å². The summed E-state index contributed by atoms with van der Waals surface area (Å²) < 4.78 is 0. The van der Waals surface area contributed by atoms with Crippen molar-refractivity contribution in [1.29, 1.82) is 0 Å². The molecular weight excluding hydrogens is 228 g/mol. The van der Waals surface area contributed by atoms with E-state index in [0.717, 1.165) is 5.57 Å². The Labute approximate surface area is 114 Å². The Morgan fingerprint density at radius 3 is 2.26 bits per heavy atom. The molecule has 0 heteroatoms. The summed E-state index contributed by atoms with van der Waals surface area (Å²) in [6.45, 7) is 6.38. The average Bonchev–Trinajstić information content (AvgIpc) is 2.47. The molecule has 3 rings (SSSR count). The number of rotatable bonds is 2. The Hall–Kier alpha value is -2.34. The standard InChI is InChI=1S/C19H16/c1-14-10-12-16(13-11-14)15(2)18-9-5-7-17-6-3-4-8-19(17)18/h3-13H,2H2,1H3. The monoisotopic (exact) mass is 244 g/mol. The van der Waals surface area contributed by atoms with E-state index in [1.807, 2.05) is 0 Å². The lowest BCUT2D eigenvalue weighted by atomic mass is 9.94. The van der Waals surface area contributed by atoms with Crippen LogP contribution in [0.15, 0.2) is 73.3 Å². The molecule has 3 aromatic rings. The second-order valence-electron chi connectivity index (χ2n) is 4.87. The van der Waals surface area contributed by atoms with Crippen molar-refractivity contribution in [2.24, 2.45) is 0 Å². The van der Waals surface area contributed by atoms with Gasteiger partial charge < -0.3 is 0 Å².